The Morgan fingerprint density at radius 1 is 1.43 bits per heavy atom. The summed E-state index contributed by atoms with van der Waals surface area (Å²) in [7, 11) is -3.75. The molecule has 6 nitrogen and oxygen atoms in total. The van der Waals surface area contributed by atoms with Gasteiger partial charge < -0.3 is 9.52 Å². The van der Waals surface area contributed by atoms with Gasteiger partial charge >= 0.3 is 5.97 Å². The van der Waals surface area contributed by atoms with Gasteiger partial charge in [0.05, 0.1) is 5.56 Å². The lowest BCUT2D eigenvalue weighted by atomic mass is 10.1. The van der Waals surface area contributed by atoms with Crippen LogP contribution in [0.5, 0.6) is 0 Å². The number of hydrogen-bond acceptors (Lipinski definition) is 5. The molecule has 1 aliphatic rings. The average molecular weight is 348 g/mol. The van der Waals surface area contributed by atoms with Crippen molar-refractivity contribution in [2.45, 2.75) is 18.1 Å². The fourth-order valence-corrected chi connectivity index (χ4v) is 4.93. The van der Waals surface area contributed by atoms with Gasteiger partial charge in [-0.05, 0) is 35.7 Å². The summed E-state index contributed by atoms with van der Waals surface area (Å²) < 4.78 is 31.1. The first kappa shape index (κ1) is 14.6. The third-order valence-corrected chi connectivity index (χ3v) is 6.22. The van der Waals surface area contributed by atoms with Crippen LogP contribution in [-0.2, 0) is 23.0 Å². The van der Waals surface area contributed by atoms with Crippen molar-refractivity contribution in [2.24, 2.45) is 0 Å². The van der Waals surface area contributed by atoms with Crippen molar-refractivity contribution >= 4 is 38.9 Å². The second-order valence-electron chi connectivity index (χ2n) is 4.50. The Morgan fingerprint density at radius 2 is 2.19 bits per heavy atom. The number of hydrogen-bond donors (Lipinski definition) is 1. The van der Waals surface area contributed by atoms with Crippen molar-refractivity contribution in [1.29, 1.82) is 0 Å². The Kier molecular flexibility index (Phi) is 3.56. The van der Waals surface area contributed by atoms with Gasteiger partial charge in [0.25, 0.3) is 10.0 Å². The van der Waals surface area contributed by atoms with Crippen LogP contribution < -0.4 is 0 Å². The van der Waals surface area contributed by atoms with E-state index in [9.17, 15) is 13.2 Å². The van der Waals surface area contributed by atoms with Crippen LogP contribution in [0, 0.1) is 0 Å². The number of carboxylic acids is 1. The van der Waals surface area contributed by atoms with E-state index >= 15 is 0 Å². The number of carboxylic acid groups (broad SMARTS) is 1. The summed E-state index contributed by atoms with van der Waals surface area (Å²) in [5.74, 6) is -0.985. The Bertz CT molecular complexity index is 807. The molecule has 1 aliphatic heterocycles. The van der Waals surface area contributed by atoms with Crippen molar-refractivity contribution in [3.05, 3.63) is 38.7 Å². The predicted molar refractivity (Wildman–Crippen MR) is 76.3 cm³/mol. The predicted octanol–water partition coefficient (Wildman–Crippen LogP) is 2.44. The highest BCUT2D eigenvalue weighted by molar-refractivity contribution is 7.89. The summed E-state index contributed by atoms with van der Waals surface area (Å²) in [6, 6.07) is 2.68. The zero-order chi connectivity index (χ0) is 15.2. The Hall–Kier alpha value is -1.35. The van der Waals surface area contributed by atoms with E-state index in [1.54, 1.807) is 5.38 Å². The topological polar surface area (TPSA) is 87.8 Å². The largest absolute Gasteiger partial charge is 0.478 e. The second-order valence-corrected chi connectivity index (χ2v) is 7.71. The van der Waals surface area contributed by atoms with Gasteiger partial charge in [-0.15, -0.1) is 11.3 Å². The van der Waals surface area contributed by atoms with Gasteiger partial charge in [0.15, 0.2) is 5.22 Å². The molecule has 0 aliphatic carbocycles. The average Bonchev–Trinajstić information content (AvgIpc) is 3.03. The van der Waals surface area contributed by atoms with Gasteiger partial charge in [0, 0.05) is 23.3 Å². The molecule has 0 unspecified atom stereocenters. The van der Waals surface area contributed by atoms with Crippen LogP contribution >= 0.6 is 22.9 Å². The minimum Gasteiger partial charge on any atom is -0.478 e. The van der Waals surface area contributed by atoms with Crippen LogP contribution in [0.4, 0.5) is 0 Å². The number of furan rings is 1. The second kappa shape index (κ2) is 5.13. The van der Waals surface area contributed by atoms with Gasteiger partial charge in [-0.2, -0.15) is 4.31 Å². The molecule has 0 atom stereocenters. The molecular formula is C12H10ClNO5S2. The van der Waals surface area contributed by atoms with Gasteiger partial charge in [-0.3, -0.25) is 0 Å². The lowest BCUT2D eigenvalue weighted by Crippen LogP contribution is -2.35. The maximum atomic E-state index is 12.4. The Morgan fingerprint density at radius 3 is 2.81 bits per heavy atom. The highest BCUT2D eigenvalue weighted by Crippen LogP contribution is 2.32. The Labute approximate surface area is 129 Å². The number of sulfonamides is 1. The number of rotatable bonds is 3. The number of thiophene rings is 1. The van der Waals surface area contributed by atoms with Crippen molar-refractivity contribution in [3.8, 4) is 0 Å². The van der Waals surface area contributed by atoms with Crippen molar-refractivity contribution in [3.63, 3.8) is 0 Å². The quantitative estimate of drug-likeness (QED) is 0.921. The number of carbonyl (C=O) groups is 1. The van der Waals surface area contributed by atoms with Crippen LogP contribution in [0.25, 0.3) is 0 Å². The molecule has 3 heterocycles. The zero-order valence-electron chi connectivity index (χ0n) is 10.6. The Balaban J connectivity index is 1.91. The van der Waals surface area contributed by atoms with Gasteiger partial charge in [0.1, 0.15) is 0 Å². The minimum absolute atomic E-state index is 0.00978. The lowest BCUT2D eigenvalue weighted by Gasteiger charge is -2.25. The highest BCUT2D eigenvalue weighted by Gasteiger charge is 2.33. The van der Waals surface area contributed by atoms with E-state index in [2.05, 4.69) is 0 Å². The molecule has 0 aromatic carbocycles. The minimum atomic E-state index is -3.75. The third kappa shape index (κ3) is 2.48. The summed E-state index contributed by atoms with van der Waals surface area (Å²) in [6.07, 6.45) is 0.369. The first-order chi connectivity index (χ1) is 9.89. The number of halogens is 1. The molecule has 0 radical (unpaired) electrons. The van der Waals surface area contributed by atoms with Crippen molar-refractivity contribution in [2.75, 3.05) is 6.54 Å². The molecule has 21 heavy (non-hydrogen) atoms. The van der Waals surface area contributed by atoms with E-state index in [4.69, 9.17) is 21.1 Å². The first-order valence-corrected chi connectivity index (χ1v) is 8.67. The fraction of sp³-hybridized carbons (Fsp3) is 0.250. The zero-order valence-corrected chi connectivity index (χ0v) is 13.0. The van der Waals surface area contributed by atoms with E-state index in [0.29, 0.717) is 6.42 Å². The molecule has 0 saturated carbocycles. The van der Waals surface area contributed by atoms with E-state index in [1.165, 1.54) is 27.8 Å². The molecule has 0 amide bonds. The van der Waals surface area contributed by atoms with Crippen molar-refractivity contribution < 1.29 is 22.7 Å². The van der Waals surface area contributed by atoms with Crippen LogP contribution in [0.15, 0.2) is 27.0 Å². The molecule has 9 heteroatoms. The number of aromatic carboxylic acids is 1. The lowest BCUT2D eigenvalue weighted by molar-refractivity contribution is 0.0696. The maximum absolute atomic E-state index is 12.4. The van der Waals surface area contributed by atoms with E-state index in [0.717, 1.165) is 10.4 Å². The van der Waals surface area contributed by atoms with Crippen LogP contribution in [0.2, 0.25) is 5.22 Å². The van der Waals surface area contributed by atoms with Crippen molar-refractivity contribution in [1.82, 2.24) is 4.31 Å². The van der Waals surface area contributed by atoms with Gasteiger partial charge in [-0.25, -0.2) is 13.2 Å². The molecule has 0 spiro atoms. The van der Waals surface area contributed by atoms with E-state index in [-0.39, 0.29) is 29.0 Å². The molecule has 0 bridgehead atoms. The summed E-state index contributed by atoms with van der Waals surface area (Å²) >= 11 is 6.87. The van der Waals surface area contributed by atoms with E-state index < -0.39 is 16.0 Å². The van der Waals surface area contributed by atoms with E-state index in [1.807, 2.05) is 0 Å². The van der Waals surface area contributed by atoms with Crippen LogP contribution in [0.3, 0.4) is 0 Å². The molecule has 0 saturated heterocycles. The van der Waals surface area contributed by atoms with Crippen LogP contribution in [0.1, 0.15) is 20.8 Å². The molecule has 2 aromatic rings. The monoisotopic (exact) mass is 347 g/mol. The third-order valence-electron chi connectivity index (χ3n) is 3.29. The normalized spacial score (nSPS) is 15.9. The standard InChI is InChI=1S/C12H10ClNO5S2/c13-10-1-2-11(19-10)21(17,18)14-4-3-7-8(12(15)16)6-20-9(7)5-14/h1-2,6H,3-5H2,(H,15,16). The fourth-order valence-electron chi connectivity index (χ4n) is 2.25. The molecule has 1 N–H and O–H groups in total. The molecule has 3 rings (SSSR count). The molecule has 2 aromatic heterocycles. The number of fused-ring (bicyclic) bond motifs is 1. The molecule has 112 valence electrons. The number of nitrogens with zero attached hydrogens (tertiary/aromatic N) is 1. The smallest absolute Gasteiger partial charge is 0.336 e. The SMILES string of the molecule is O=C(O)c1csc2c1CCN(S(=O)(=O)c1ccc(Cl)o1)C2. The van der Waals surface area contributed by atoms with Gasteiger partial charge in [-0.1, -0.05) is 0 Å². The summed E-state index contributed by atoms with van der Waals surface area (Å²) in [6.45, 7) is 0.360. The summed E-state index contributed by atoms with van der Waals surface area (Å²) in [5, 5.41) is 10.4. The van der Waals surface area contributed by atoms with Crippen LogP contribution in [-0.4, -0.2) is 30.3 Å². The maximum Gasteiger partial charge on any atom is 0.336 e. The summed E-state index contributed by atoms with van der Waals surface area (Å²) in [4.78, 5) is 11.8. The first-order valence-electron chi connectivity index (χ1n) is 5.97. The summed E-state index contributed by atoms with van der Waals surface area (Å²) in [5.41, 5.74) is 0.976. The molecule has 0 fully saturated rings. The highest BCUT2D eigenvalue weighted by atomic mass is 35.5. The molecular weight excluding hydrogens is 338 g/mol. The van der Waals surface area contributed by atoms with Gasteiger partial charge in [0.2, 0.25) is 5.09 Å².